The van der Waals surface area contributed by atoms with E-state index in [1.54, 1.807) is 0 Å². The van der Waals surface area contributed by atoms with Crippen LogP contribution in [0.25, 0.3) is 11.4 Å². The number of H-pyrrole nitrogens is 1. The summed E-state index contributed by atoms with van der Waals surface area (Å²) in [7, 11) is 0. The summed E-state index contributed by atoms with van der Waals surface area (Å²) in [4.78, 5) is 0. The predicted molar refractivity (Wildman–Crippen MR) is 74.6 cm³/mol. The van der Waals surface area contributed by atoms with Gasteiger partial charge in [0.15, 0.2) is 0 Å². The van der Waals surface area contributed by atoms with E-state index in [-0.39, 0.29) is 0 Å². The van der Waals surface area contributed by atoms with Gasteiger partial charge in [0, 0.05) is 17.8 Å². The number of tetrazole rings is 1. The SMILES string of the molecule is C1=CCC(CNc2cccc(-c3nn[nH]n3)c2)CC1. The monoisotopic (exact) mass is 255 g/mol. The largest absolute Gasteiger partial charge is 0.385 e. The first kappa shape index (κ1) is 11.9. The topological polar surface area (TPSA) is 66.5 Å². The standard InChI is InChI=1S/C14H17N5/c1-2-5-11(6-3-1)10-15-13-8-4-7-12(9-13)14-16-18-19-17-14/h1-2,4,7-9,11,15H,3,5-6,10H2,(H,16,17,18,19). The molecule has 98 valence electrons. The van der Waals surface area contributed by atoms with Gasteiger partial charge >= 0.3 is 0 Å². The molecule has 5 nitrogen and oxygen atoms in total. The van der Waals surface area contributed by atoms with Gasteiger partial charge in [0.2, 0.25) is 5.82 Å². The minimum atomic E-state index is 0.629. The number of aromatic nitrogens is 4. The van der Waals surface area contributed by atoms with Gasteiger partial charge in [0.25, 0.3) is 0 Å². The molecule has 0 aliphatic heterocycles. The van der Waals surface area contributed by atoms with E-state index in [4.69, 9.17) is 0 Å². The van der Waals surface area contributed by atoms with Gasteiger partial charge in [-0.15, -0.1) is 10.2 Å². The van der Waals surface area contributed by atoms with Crippen LogP contribution >= 0.6 is 0 Å². The van der Waals surface area contributed by atoms with Crippen molar-refractivity contribution in [3.05, 3.63) is 36.4 Å². The van der Waals surface area contributed by atoms with Gasteiger partial charge in [0.1, 0.15) is 0 Å². The molecule has 1 aliphatic carbocycles. The Labute approximate surface area is 112 Å². The van der Waals surface area contributed by atoms with Crippen molar-refractivity contribution in [1.29, 1.82) is 0 Å². The Morgan fingerprint density at radius 3 is 3.11 bits per heavy atom. The number of benzene rings is 1. The molecule has 2 aromatic rings. The first-order valence-electron chi connectivity index (χ1n) is 6.64. The second kappa shape index (κ2) is 5.65. The lowest BCUT2D eigenvalue weighted by atomic mass is 9.94. The molecule has 1 atom stereocenters. The molecule has 1 aliphatic rings. The van der Waals surface area contributed by atoms with Crippen molar-refractivity contribution in [2.45, 2.75) is 19.3 Å². The molecule has 1 heterocycles. The van der Waals surface area contributed by atoms with E-state index in [0.717, 1.165) is 23.7 Å². The molecule has 0 radical (unpaired) electrons. The van der Waals surface area contributed by atoms with Crippen molar-refractivity contribution >= 4 is 5.69 Å². The van der Waals surface area contributed by atoms with E-state index in [1.807, 2.05) is 12.1 Å². The first-order valence-corrected chi connectivity index (χ1v) is 6.64. The zero-order valence-electron chi connectivity index (χ0n) is 10.7. The third-order valence-corrected chi connectivity index (χ3v) is 3.44. The molecule has 0 saturated heterocycles. The molecule has 0 saturated carbocycles. The van der Waals surface area contributed by atoms with Crippen LogP contribution in [0.15, 0.2) is 36.4 Å². The fraction of sp³-hybridized carbons (Fsp3) is 0.357. The fourth-order valence-electron chi connectivity index (χ4n) is 2.36. The number of hydrogen-bond donors (Lipinski definition) is 2. The molecule has 2 N–H and O–H groups in total. The minimum Gasteiger partial charge on any atom is -0.385 e. The molecule has 0 fully saturated rings. The summed E-state index contributed by atoms with van der Waals surface area (Å²) in [5, 5.41) is 17.5. The van der Waals surface area contributed by atoms with Crippen LogP contribution in [0.1, 0.15) is 19.3 Å². The Morgan fingerprint density at radius 2 is 2.32 bits per heavy atom. The number of hydrogen-bond acceptors (Lipinski definition) is 4. The Bertz CT molecular complexity index is 547. The maximum absolute atomic E-state index is 3.99. The summed E-state index contributed by atoms with van der Waals surface area (Å²) in [6.45, 7) is 1.01. The minimum absolute atomic E-state index is 0.629. The Kier molecular flexibility index (Phi) is 3.54. The molecule has 0 amide bonds. The molecule has 1 aromatic carbocycles. The Hall–Kier alpha value is -2.17. The third-order valence-electron chi connectivity index (χ3n) is 3.44. The molecule has 0 bridgehead atoms. The highest BCUT2D eigenvalue weighted by Crippen LogP contribution is 2.21. The van der Waals surface area contributed by atoms with Gasteiger partial charge in [-0.05, 0) is 42.5 Å². The summed E-state index contributed by atoms with van der Waals surface area (Å²) in [6, 6.07) is 8.12. The van der Waals surface area contributed by atoms with Crippen LogP contribution in [0.4, 0.5) is 5.69 Å². The lowest BCUT2D eigenvalue weighted by Crippen LogP contribution is -2.15. The molecule has 5 heteroatoms. The van der Waals surface area contributed by atoms with E-state index in [9.17, 15) is 0 Å². The van der Waals surface area contributed by atoms with E-state index >= 15 is 0 Å². The van der Waals surface area contributed by atoms with Crippen molar-refractivity contribution in [2.24, 2.45) is 5.92 Å². The second-order valence-electron chi connectivity index (χ2n) is 4.85. The Balaban J connectivity index is 1.65. The van der Waals surface area contributed by atoms with E-state index < -0.39 is 0 Å². The van der Waals surface area contributed by atoms with Crippen molar-refractivity contribution in [2.75, 3.05) is 11.9 Å². The first-order chi connectivity index (χ1) is 9.42. The van der Waals surface area contributed by atoms with Gasteiger partial charge in [-0.3, -0.25) is 0 Å². The predicted octanol–water partition coefficient (Wildman–Crippen LogP) is 2.63. The average Bonchev–Trinajstić information content (AvgIpc) is 3.01. The molecule has 1 aromatic heterocycles. The van der Waals surface area contributed by atoms with Crippen molar-refractivity contribution in [3.63, 3.8) is 0 Å². The number of nitrogens with one attached hydrogen (secondary N) is 2. The summed E-state index contributed by atoms with van der Waals surface area (Å²) < 4.78 is 0. The normalized spacial score (nSPS) is 18.4. The smallest absolute Gasteiger partial charge is 0.204 e. The van der Waals surface area contributed by atoms with Gasteiger partial charge in [-0.1, -0.05) is 24.3 Å². The molecule has 1 unspecified atom stereocenters. The van der Waals surface area contributed by atoms with Gasteiger partial charge < -0.3 is 5.32 Å². The van der Waals surface area contributed by atoms with Crippen LogP contribution in [-0.4, -0.2) is 27.2 Å². The molecular formula is C14H17N5. The highest BCUT2D eigenvalue weighted by Gasteiger charge is 2.09. The zero-order valence-corrected chi connectivity index (χ0v) is 10.7. The summed E-state index contributed by atoms with van der Waals surface area (Å²) in [5.41, 5.74) is 2.08. The summed E-state index contributed by atoms with van der Waals surface area (Å²) in [6.07, 6.45) is 8.21. The van der Waals surface area contributed by atoms with E-state index in [0.29, 0.717) is 5.82 Å². The maximum Gasteiger partial charge on any atom is 0.204 e. The van der Waals surface area contributed by atoms with Crippen molar-refractivity contribution in [3.8, 4) is 11.4 Å². The van der Waals surface area contributed by atoms with Crippen LogP contribution in [0.5, 0.6) is 0 Å². The number of rotatable bonds is 4. The molecule has 3 rings (SSSR count). The molecule has 0 spiro atoms. The van der Waals surface area contributed by atoms with Crippen LogP contribution in [0.3, 0.4) is 0 Å². The van der Waals surface area contributed by atoms with Crippen molar-refractivity contribution < 1.29 is 0 Å². The summed E-state index contributed by atoms with van der Waals surface area (Å²) in [5.74, 6) is 1.36. The second-order valence-corrected chi connectivity index (χ2v) is 4.85. The maximum atomic E-state index is 3.99. The number of anilines is 1. The van der Waals surface area contributed by atoms with Gasteiger partial charge in [-0.2, -0.15) is 5.21 Å². The van der Waals surface area contributed by atoms with Crippen LogP contribution in [-0.2, 0) is 0 Å². The van der Waals surface area contributed by atoms with Crippen LogP contribution in [0, 0.1) is 5.92 Å². The lowest BCUT2D eigenvalue weighted by molar-refractivity contribution is 0.504. The summed E-state index contributed by atoms with van der Waals surface area (Å²) >= 11 is 0. The van der Waals surface area contributed by atoms with E-state index in [2.05, 4.69) is 50.2 Å². The lowest BCUT2D eigenvalue weighted by Gasteiger charge is -2.18. The van der Waals surface area contributed by atoms with Gasteiger partial charge in [0.05, 0.1) is 0 Å². The highest BCUT2D eigenvalue weighted by atomic mass is 15.5. The fourth-order valence-corrected chi connectivity index (χ4v) is 2.36. The number of aromatic amines is 1. The molecular weight excluding hydrogens is 238 g/mol. The Morgan fingerprint density at radius 1 is 1.32 bits per heavy atom. The van der Waals surface area contributed by atoms with Gasteiger partial charge in [-0.25, -0.2) is 0 Å². The molecule has 19 heavy (non-hydrogen) atoms. The highest BCUT2D eigenvalue weighted by molar-refractivity contribution is 5.61. The number of nitrogens with zero attached hydrogens (tertiary/aromatic N) is 3. The quantitative estimate of drug-likeness (QED) is 0.824. The zero-order chi connectivity index (χ0) is 12.9. The third kappa shape index (κ3) is 2.99. The number of allylic oxidation sites excluding steroid dienone is 2. The van der Waals surface area contributed by atoms with E-state index in [1.165, 1.54) is 19.3 Å². The van der Waals surface area contributed by atoms with Crippen LogP contribution in [0.2, 0.25) is 0 Å². The van der Waals surface area contributed by atoms with Crippen molar-refractivity contribution in [1.82, 2.24) is 20.6 Å². The van der Waals surface area contributed by atoms with Crippen LogP contribution < -0.4 is 5.32 Å². The average molecular weight is 255 g/mol.